The Morgan fingerprint density at radius 1 is 1.08 bits per heavy atom. The van der Waals surface area contributed by atoms with Crippen LogP contribution in [0, 0.1) is 23.7 Å². The Balaban J connectivity index is 1.47. The van der Waals surface area contributed by atoms with Gasteiger partial charge in [0, 0.05) is 51.7 Å². The number of hydrogen-bond acceptors (Lipinski definition) is 9. The molecule has 3 N–H and O–H groups in total. The van der Waals surface area contributed by atoms with Gasteiger partial charge in [-0.2, -0.15) is 0 Å². The molecule has 52 heavy (non-hydrogen) atoms. The third-order valence-electron chi connectivity index (χ3n) is 11.5. The normalized spacial score (nSPS) is 20.7. The summed E-state index contributed by atoms with van der Waals surface area (Å²) in [6.07, 6.45) is 5.01. The van der Waals surface area contributed by atoms with Gasteiger partial charge in [0.25, 0.3) is 0 Å². The number of amides is 3. The van der Waals surface area contributed by atoms with Gasteiger partial charge < -0.3 is 30.3 Å². The van der Waals surface area contributed by atoms with Gasteiger partial charge in [-0.3, -0.25) is 19.2 Å². The second kappa shape index (κ2) is 18.7. The Morgan fingerprint density at radius 2 is 1.77 bits per heavy atom. The van der Waals surface area contributed by atoms with Crippen molar-refractivity contribution in [2.45, 2.75) is 122 Å². The quantitative estimate of drug-likeness (QED) is 0.189. The van der Waals surface area contributed by atoms with Gasteiger partial charge in [-0.05, 0) is 49.5 Å². The number of Topliss-reactive ketones (excluding diaryl/α,β-unsaturated/α-hetero) is 1. The summed E-state index contributed by atoms with van der Waals surface area (Å²) in [5, 5.41) is 5.97. The molecule has 1 saturated carbocycles. The highest BCUT2D eigenvalue weighted by atomic mass is 32.1. The number of aromatic nitrogens is 1. The van der Waals surface area contributed by atoms with Crippen LogP contribution in [0.5, 0.6) is 0 Å². The molecule has 1 aliphatic carbocycles. The maximum atomic E-state index is 14.2. The van der Waals surface area contributed by atoms with E-state index in [0.717, 1.165) is 23.4 Å². The number of ketones is 1. The lowest BCUT2D eigenvalue weighted by Gasteiger charge is -2.40. The molecule has 2 heterocycles. The predicted octanol–water partition coefficient (Wildman–Crippen LogP) is 5.19. The topological polar surface area (TPSA) is 144 Å². The van der Waals surface area contributed by atoms with Crippen molar-refractivity contribution in [1.82, 2.24) is 20.1 Å². The second-order valence-corrected chi connectivity index (χ2v) is 16.3. The number of rotatable bonds is 20. The van der Waals surface area contributed by atoms with Crippen LogP contribution in [0.25, 0.3) is 0 Å². The van der Waals surface area contributed by atoms with E-state index in [1.807, 2.05) is 61.4 Å². The van der Waals surface area contributed by atoms with E-state index in [0.29, 0.717) is 32.2 Å². The van der Waals surface area contributed by atoms with Crippen LogP contribution in [-0.2, 0) is 35.1 Å². The number of thiazole rings is 1. The predicted molar refractivity (Wildman–Crippen MR) is 203 cm³/mol. The number of nitrogens with one attached hydrogen (secondary N) is 1. The molecule has 0 radical (unpaired) electrons. The number of methoxy groups -OCH3 is 2. The highest BCUT2D eigenvalue weighted by Crippen LogP contribution is 2.37. The number of benzene rings is 1. The molecule has 1 aromatic carbocycles. The van der Waals surface area contributed by atoms with Crippen LogP contribution >= 0.6 is 11.3 Å². The van der Waals surface area contributed by atoms with Crippen molar-refractivity contribution >= 4 is 34.8 Å². The minimum Gasteiger partial charge on any atom is -0.379 e. The van der Waals surface area contributed by atoms with Crippen molar-refractivity contribution in [2.24, 2.45) is 29.4 Å². The van der Waals surface area contributed by atoms with Gasteiger partial charge in [-0.15, -0.1) is 11.3 Å². The first-order chi connectivity index (χ1) is 24.8. The van der Waals surface area contributed by atoms with Crippen molar-refractivity contribution in [2.75, 3.05) is 27.8 Å². The molecule has 3 amide bonds. The van der Waals surface area contributed by atoms with E-state index in [9.17, 15) is 19.2 Å². The average molecular weight is 740 g/mol. The smallest absolute Gasteiger partial charge is 0.226 e. The number of nitrogens with two attached hydrogens (primary N) is 1. The third-order valence-corrected chi connectivity index (χ3v) is 12.4. The molecule has 2 aromatic rings. The lowest BCUT2D eigenvalue weighted by atomic mass is 9.85. The van der Waals surface area contributed by atoms with E-state index >= 15 is 0 Å². The standard InChI is InChI=1S/C40H61N5O6S/c1-9-26(4)35(44(6)39(49)29(25(2)3)23-33(46)40(41)17-18-40)32(50-7)24-34(47)45-20-13-16-31(45)36(51-8)27(5)37(48)43-30(38-42-19-21-52-38)22-28-14-11-10-12-15-28/h10-12,14-15,19,21,25-27,29-32,35-36H,9,13,16-18,20,22-24,41H2,1-8H3,(H,43,48)/t26-,27+,29-,30-,31-,32+,35-,36+/m0/s1. The summed E-state index contributed by atoms with van der Waals surface area (Å²) in [4.78, 5) is 63.2. The van der Waals surface area contributed by atoms with E-state index in [4.69, 9.17) is 15.2 Å². The molecule has 288 valence electrons. The molecule has 4 rings (SSSR count). The van der Waals surface area contributed by atoms with E-state index in [1.54, 1.807) is 32.4 Å². The van der Waals surface area contributed by atoms with E-state index < -0.39 is 35.6 Å². The molecule has 1 aromatic heterocycles. The summed E-state index contributed by atoms with van der Waals surface area (Å²) in [7, 11) is 4.95. The number of ether oxygens (including phenoxy) is 2. The number of hydrogen-bond donors (Lipinski definition) is 2. The Hall–Kier alpha value is -3.19. The van der Waals surface area contributed by atoms with E-state index in [1.165, 1.54) is 11.3 Å². The fourth-order valence-corrected chi connectivity index (χ4v) is 8.44. The summed E-state index contributed by atoms with van der Waals surface area (Å²) in [5.41, 5.74) is 6.51. The molecule has 1 aliphatic heterocycles. The summed E-state index contributed by atoms with van der Waals surface area (Å²) in [5.74, 6) is -1.55. The van der Waals surface area contributed by atoms with Crippen LogP contribution in [0.3, 0.4) is 0 Å². The van der Waals surface area contributed by atoms with Crippen LogP contribution in [0.15, 0.2) is 41.9 Å². The molecule has 8 atom stereocenters. The summed E-state index contributed by atoms with van der Waals surface area (Å²) in [6.45, 7) is 10.4. The number of likely N-dealkylation sites (N-methyl/N-ethyl adjacent to an activating group) is 1. The second-order valence-electron chi connectivity index (χ2n) is 15.3. The van der Waals surface area contributed by atoms with Crippen LogP contribution in [-0.4, -0.2) is 95.9 Å². The fraction of sp³-hybridized carbons (Fsp3) is 0.675. The minimum atomic E-state index is -0.792. The summed E-state index contributed by atoms with van der Waals surface area (Å²) < 4.78 is 12.0. The van der Waals surface area contributed by atoms with Gasteiger partial charge in [0.2, 0.25) is 17.7 Å². The van der Waals surface area contributed by atoms with E-state index in [2.05, 4.69) is 24.1 Å². The number of carbonyl (C=O) groups excluding carboxylic acids is 4. The molecule has 11 nitrogen and oxygen atoms in total. The highest BCUT2D eigenvalue weighted by Gasteiger charge is 2.48. The largest absolute Gasteiger partial charge is 0.379 e. The van der Waals surface area contributed by atoms with Gasteiger partial charge >= 0.3 is 0 Å². The maximum absolute atomic E-state index is 14.2. The molecular weight excluding hydrogens is 679 g/mol. The molecule has 12 heteroatoms. The van der Waals surface area contributed by atoms with E-state index in [-0.39, 0.29) is 60.3 Å². The molecule has 0 bridgehead atoms. The molecule has 0 unspecified atom stereocenters. The molecule has 0 spiro atoms. The monoisotopic (exact) mass is 739 g/mol. The van der Waals surface area contributed by atoms with Crippen molar-refractivity contribution in [3.63, 3.8) is 0 Å². The Morgan fingerprint density at radius 3 is 2.33 bits per heavy atom. The van der Waals surface area contributed by atoms with Gasteiger partial charge in [0.15, 0.2) is 5.78 Å². The van der Waals surface area contributed by atoms with Gasteiger partial charge in [0.05, 0.1) is 48.2 Å². The van der Waals surface area contributed by atoms with Crippen molar-refractivity contribution < 1.29 is 28.7 Å². The van der Waals surface area contributed by atoms with Crippen LogP contribution < -0.4 is 11.1 Å². The highest BCUT2D eigenvalue weighted by molar-refractivity contribution is 7.09. The first-order valence-electron chi connectivity index (χ1n) is 18.9. The number of carbonyl (C=O) groups is 4. The summed E-state index contributed by atoms with van der Waals surface area (Å²) in [6, 6.07) is 9.02. The van der Waals surface area contributed by atoms with Crippen LogP contribution in [0.1, 0.15) is 96.2 Å². The van der Waals surface area contributed by atoms with Gasteiger partial charge in [-0.25, -0.2) is 4.98 Å². The molecule has 1 saturated heterocycles. The van der Waals surface area contributed by atoms with Gasteiger partial charge in [-0.1, -0.05) is 71.4 Å². The van der Waals surface area contributed by atoms with Crippen LogP contribution in [0.2, 0.25) is 0 Å². The minimum absolute atomic E-state index is 0.0194. The molecular formula is C40H61N5O6S. The lowest BCUT2D eigenvalue weighted by molar-refractivity contribution is -0.149. The number of nitrogens with zero attached hydrogens (tertiary/aromatic N) is 3. The SMILES string of the molecule is CC[C@H](C)[C@@H]([C@@H](CC(=O)N1CCC[C@H]1[C@H](OC)[C@@H](C)C(=O)N[C@@H](Cc1ccccc1)c1nccs1)OC)N(C)C(=O)[C@@H](CC(=O)C1(N)CC1)C(C)C. The fourth-order valence-electron chi connectivity index (χ4n) is 7.75. The third kappa shape index (κ3) is 10.1. The first-order valence-corrected chi connectivity index (χ1v) is 19.8. The summed E-state index contributed by atoms with van der Waals surface area (Å²) >= 11 is 1.51. The average Bonchev–Trinajstić information content (AvgIpc) is 3.48. The zero-order valence-corrected chi connectivity index (χ0v) is 33.2. The van der Waals surface area contributed by atoms with Crippen LogP contribution in [0.4, 0.5) is 0 Å². The number of likely N-dealkylation sites (tertiary alicyclic amines) is 1. The van der Waals surface area contributed by atoms with Crippen molar-refractivity contribution in [3.8, 4) is 0 Å². The van der Waals surface area contributed by atoms with Gasteiger partial charge in [0.1, 0.15) is 5.01 Å². The zero-order chi connectivity index (χ0) is 38.2. The Labute approximate surface area is 314 Å². The van der Waals surface area contributed by atoms with Crippen molar-refractivity contribution in [1.29, 1.82) is 0 Å². The Bertz CT molecular complexity index is 1470. The molecule has 2 fully saturated rings. The Kier molecular flexibility index (Phi) is 15.0. The first kappa shape index (κ1) is 41.6. The molecule has 2 aliphatic rings. The maximum Gasteiger partial charge on any atom is 0.226 e. The zero-order valence-electron chi connectivity index (χ0n) is 32.4. The van der Waals surface area contributed by atoms with Crippen molar-refractivity contribution in [3.05, 3.63) is 52.5 Å². The lowest BCUT2D eigenvalue weighted by Crippen LogP contribution is -2.54.